The highest BCUT2D eigenvalue weighted by molar-refractivity contribution is 7.92. The number of primary amides is 1. The van der Waals surface area contributed by atoms with Crippen LogP contribution in [0.5, 0.6) is 11.5 Å². The van der Waals surface area contributed by atoms with E-state index in [-0.39, 0.29) is 34.0 Å². The lowest BCUT2D eigenvalue weighted by atomic mass is 10.0. The molecule has 0 fully saturated rings. The second-order valence-electron chi connectivity index (χ2n) is 6.53. The maximum absolute atomic E-state index is 13.6. The van der Waals surface area contributed by atoms with E-state index in [4.69, 9.17) is 10.5 Å². The zero-order chi connectivity index (χ0) is 22.6. The molecule has 0 atom stereocenters. The minimum atomic E-state index is -4.26. The van der Waals surface area contributed by atoms with Crippen molar-refractivity contribution in [3.05, 3.63) is 77.6 Å². The van der Waals surface area contributed by atoms with Gasteiger partial charge in [0.15, 0.2) is 0 Å². The van der Waals surface area contributed by atoms with Crippen molar-refractivity contribution in [3.63, 3.8) is 0 Å². The summed E-state index contributed by atoms with van der Waals surface area (Å²) in [5.74, 6) is -0.821. The largest absolute Gasteiger partial charge is 0.508 e. The number of aliphatic hydroxyl groups is 1. The first-order valence-electron chi connectivity index (χ1n) is 9.10. The summed E-state index contributed by atoms with van der Waals surface area (Å²) < 4.78 is 33.3. The van der Waals surface area contributed by atoms with Gasteiger partial charge in [0.2, 0.25) is 0 Å². The number of amides is 1. The molecule has 10 heteroatoms. The van der Waals surface area contributed by atoms with Crippen molar-refractivity contribution in [3.8, 4) is 11.5 Å². The van der Waals surface area contributed by atoms with Crippen LogP contribution in [0.25, 0.3) is 0 Å². The molecular weight excluding hydrogens is 422 g/mol. The molecule has 1 aromatic heterocycles. The van der Waals surface area contributed by atoms with Gasteiger partial charge in [-0.05, 0) is 48.0 Å². The van der Waals surface area contributed by atoms with Gasteiger partial charge in [0.25, 0.3) is 15.9 Å². The van der Waals surface area contributed by atoms with E-state index in [0.717, 1.165) is 4.31 Å². The van der Waals surface area contributed by atoms with Crippen LogP contribution in [0.2, 0.25) is 0 Å². The summed E-state index contributed by atoms with van der Waals surface area (Å²) >= 11 is 0. The summed E-state index contributed by atoms with van der Waals surface area (Å²) in [4.78, 5) is 16.0. The van der Waals surface area contributed by atoms with Crippen LogP contribution in [0.4, 0.5) is 5.69 Å². The van der Waals surface area contributed by atoms with Crippen LogP contribution in [-0.4, -0.2) is 36.6 Å². The molecule has 0 unspecified atom stereocenters. The Morgan fingerprint density at radius 3 is 2.42 bits per heavy atom. The SMILES string of the molecule is COc1ccc(S(=O)(=O)N(Cc2cccnc2)c2c(C(N)=O)ccc(O)c2CO)cc1. The predicted octanol–water partition coefficient (Wildman–Crippen LogP) is 1.78. The van der Waals surface area contributed by atoms with Gasteiger partial charge in [0.1, 0.15) is 11.5 Å². The predicted molar refractivity (Wildman–Crippen MR) is 113 cm³/mol. The maximum Gasteiger partial charge on any atom is 0.264 e. The van der Waals surface area contributed by atoms with Gasteiger partial charge in [-0.25, -0.2) is 8.42 Å². The molecule has 1 heterocycles. The Morgan fingerprint density at radius 1 is 1.16 bits per heavy atom. The molecule has 0 bridgehead atoms. The molecule has 0 aliphatic rings. The van der Waals surface area contributed by atoms with Crippen molar-refractivity contribution in [2.45, 2.75) is 18.0 Å². The fourth-order valence-corrected chi connectivity index (χ4v) is 4.58. The van der Waals surface area contributed by atoms with E-state index in [0.29, 0.717) is 11.3 Å². The second-order valence-corrected chi connectivity index (χ2v) is 8.39. The van der Waals surface area contributed by atoms with Crippen LogP contribution in [0.15, 0.2) is 65.8 Å². The Labute approximate surface area is 179 Å². The lowest BCUT2D eigenvalue weighted by Gasteiger charge is -2.28. The van der Waals surface area contributed by atoms with E-state index >= 15 is 0 Å². The van der Waals surface area contributed by atoms with Crippen LogP contribution in [0, 0.1) is 0 Å². The number of nitrogens with zero attached hydrogens (tertiary/aromatic N) is 2. The molecule has 31 heavy (non-hydrogen) atoms. The fourth-order valence-electron chi connectivity index (χ4n) is 3.08. The third-order valence-corrected chi connectivity index (χ3v) is 6.39. The number of methoxy groups -OCH3 is 1. The number of anilines is 1. The number of phenols is 1. The van der Waals surface area contributed by atoms with Gasteiger partial charge in [-0.15, -0.1) is 0 Å². The Kier molecular flexibility index (Phi) is 6.42. The normalized spacial score (nSPS) is 11.2. The standard InChI is InChI=1S/C21H21N3O6S/c1-30-15-4-6-16(7-5-15)31(28,29)24(12-14-3-2-10-23-11-14)20-17(21(22)27)8-9-19(26)18(20)13-25/h2-11,25-26H,12-13H2,1H3,(H2,22,27). The first-order chi connectivity index (χ1) is 14.8. The Morgan fingerprint density at radius 2 is 1.87 bits per heavy atom. The molecule has 9 nitrogen and oxygen atoms in total. The number of aromatic hydroxyl groups is 1. The zero-order valence-electron chi connectivity index (χ0n) is 16.6. The van der Waals surface area contributed by atoms with E-state index in [1.807, 2.05) is 0 Å². The van der Waals surface area contributed by atoms with Crippen molar-refractivity contribution in [2.24, 2.45) is 5.73 Å². The molecule has 3 rings (SSSR count). The van der Waals surface area contributed by atoms with Crippen molar-refractivity contribution in [1.82, 2.24) is 4.98 Å². The fraction of sp³-hybridized carbons (Fsp3) is 0.143. The van der Waals surface area contributed by atoms with Crippen molar-refractivity contribution in [1.29, 1.82) is 0 Å². The van der Waals surface area contributed by atoms with Crippen LogP contribution in [0.3, 0.4) is 0 Å². The minimum Gasteiger partial charge on any atom is -0.508 e. The average molecular weight is 443 g/mol. The number of aromatic nitrogens is 1. The quantitative estimate of drug-likeness (QED) is 0.481. The van der Waals surface area contributed by atoms with Gasteiger partial charge < -0.3 is 20.7 Å². The molecule has 3 aromatic rings. The molecule has 0 saturated heterocycles. The van der Waals surface area contributed by atoms with Crippen molar-refractivity contribution < 1.29 is 28.2 Å². The molecule has 0 spiro atoms. The highest BCUT2D eigenvalue weighted by Crippen LogP contribution is 2.37. The molecular formula is C21H21N3O6S. The third-order valence-electron chi connectivity index (χ3n) is 4.63. The highest BCUT2D eigenvalue weighted by atomic mass is 32.2. The number of hydrogen-bond acceptors (Lipinski definition) is 7. The number of carbonyl (C=O) groups excluding carboxylic acids is 1. The van der Waals surface area contributed by atoms with Crippen LogP contribution in [-0.2, 0) is 23.2 Å². The van der Waals surface area contributed by atoms with Crippen molar-refractivity contribution in [2.75, 3.05) is 11.4 Å². The van der Waals surface area contributed by atoms with Crippen LogP contribution in [0.1, 0.15) is 21.5 Å². The molecule has 0 aliphatic heterocycles. The Hall–Kier alpha value is -3.63. The smallest absolute Gasteiger partial charge is 0.264 e. The average Bonchev–Trinajstić information content (AvgIpc) is 2.77. The summed E-state index contributed by atoms with van der Waals surface area (Å²) in [6.07, 6.45) is 3.01. The van der Waals surface area contributed by atoms with Gasteiger partial charge in [0, 0.05) is 18.0 Å². The topological polar surface area (TPSA) is 143 Å². The van der Waals surface area contributed by atoms with E-state index in [2.05, 4.69) is 4.98 Å². The summed E-state index contributed by atoms with van der Waals surface area (Å²) in [5.41, 5.74) is 5.50. The molecule has 2 aromatic carbocycles. The molecule has 0 radical (unpaired) electrons. The molecule has 4 N–H and O–H groups in total. The molecule has 0 saturated carbocycles. The summed E-state index contributed by atoms with van der Waals surface area (Å²) in [5, 5.41) is 20.1. The third kappa shape index (κ3) is 4.44. The summed E-state index contributed by atoms with van der Waals surface area (Å²) in [6, 6.07) is 11.4. The summed E-state index contributed by atoms with van der Waals surface area (Å²) in [6.45, 7) is -0.942. The zero-order valence-corrected chi connectivity index (χ0v) is 17.4. The minimum absolute atomic E-state index is 0.0835. The van der Waals surface area contributed by atoms with Gasteiger partial charge in [-0.2, -0.15) is 0 Å². The number of aliphatic hydroxyl groups excluding tert-OH is 1. The van der Waals surface area contributed by atoms with E-state index in [1.54, 1.807) is 12.1 Å². The first kappa shape index (κ1) is 22.1. The number of hydrogen-bond donors (Lipinski definition) is 3. The molecule has 0 aliphatic carbocycles. The van der Waals surface area contributed by atoms with Crippen LogP contribution >= 0.6 is 0 Å². The Balaban J connectivity index is 2.27. The summed E-state index contributed by atoms with van der Waals surface area (Å²) in [7, 11) is -2.81. The van der Waals surface area contributed by atoms with Gasteiger partial charge in [-0.1, -0.05) is 6.07 Å². The molecule has 162 valence electrons. The van der Waals surface area contributed by atoms with E-state index in [1.165, 1.54) is 55.9 Å². The lowest BCUT2D eigenvalue weighted by molar-refractivity contribution is 0.100. The highest BCUT2D eigenvalue weighted by Gasteiger charge is 2.31. The second kappa shape index (κ2) is 9.02. The number of carbonyl (C=O) groups is 1. The van der Waals surface area contributed by atoms with E-state index < -0.39 is 22.5 Å². The van der Waals surface area contributed by atoms with Crippen LogP contribution < -0.4 is 14.8 Å². The lowest BCUT2D eigenvalue weighted by Crippen LogP contribution is -2.33. The monoisotopic (exact) mass is 443 g/mol. The number of benzene rings is 2. The number of ether oxygens (including phenoxy) is 1. The molecule has 1 amide bonds. The number of pyridine rings is 1. The van der Waals surface area contributed by atoms with Gasteiger partial charge in [-0.3, -0.25) is 14.1 Å². The first-order valence-corrected chi connectivity index (χ1v) is 10.5. The number of nitrogens with two attached hydrogens (primary N) is 1. The number of sulfonamides is 1. The van der Waals surface area contributed by atoms with E-state index in [9.17, 15) is 23.4 Å². The van der Waals surface area contributed by atoms with Crippen molar-refractivity contribution >= 4 is 21.6 Å². The maximum atomic E-state index is 13.6. The van der Waals surface area contributed by atoms with Gasteiger partial charge in [0.05, 0.1) is 36.4 Å². The Bertz CT molecular complexity index is 1180. The van der Waals surface area contributed by atoms with Gasteiger partial charge >= 0.3 is 0 Å². The number of rotatable bonds is 8.